The summed E-state index contributed by atoms with van der Waals surface area (Å²) in [6.07, 6.45) is 1.33. The van der Waals surface area contributed by atoms with Gasteiger partial charge in [-0.1, -0.05) is 48.5 Å². The van der Waals surface area contributed by atoms with Gasteiger partial charge in [0.25, 0.3) is 5.91 Å². The number of carbonyl (C=O) groups excluding carboxylic acids is 1. The number of aryl methyl sites for hydroxylation is 2. The quantitative estimate of drug-likeness (QED) is 0.531. The van der Waals surface area contributed by atoms with Gasteiger partial charge in [-0.15, -0.1) is 0 Å². The number of H-pyrrole nitrogens is 1. The number of hydrogen-bond acceptors (Lipinski definition) is 3. The van der Waals surface area contributed by atoms with E-state index in [-0.39, 0.29) is 22.5 Å². The molecule has 6 nitrogen and oxygen atoms in total. The van der Waals surface area contributed by atoms with Crippen molar-refractivity contribution in [2.45, 2.75) is 44.7 Å². The monoisotopic (exact) mass is 425 g/mol. The standard InChI is InChI=1S/C23H27N3O3S/c1-15-9-5-7-11-20(15)17(3)25-23(27)22-13-19(14-24-22)30(28,29)26-18(4)21-12-8-6-10-16(21)2/h5-14,17-18,24,26H,1-4H3,(H,25,27)/t17-,18-/m1/s1. The largest absolute Gasteiger partial charge is 0.356 e. The Balaban J connectivity index is 1.72. The Hall–Kier alpha value is -2.90. The summed E-state index contributed by atoms with van der Waals surface area (Å²) in [5.41, 5.74) is 4.20. The van der Waals surface area contributed by atoms with Gasteiger partial charge >= 0.3 is 0 Å². The first-order chi connectivity index (χ1) is 14.2. The van der Waals surface area contributed by atoms with Crippen molar-refractivity contribution in [1.29, 1.82) is 0 Å². The minimum atomic E-state index is -3.79. The fraction of sp³-hybridized carbons (Fsp3) is 0.261. The first-order valence-corrected chi connectivity index (χ1v) is 11.3. The topological polar surface area (TPSA) is 91.1 Å². The lowest BCUT2D eigenvalue weighted by Crippen LogP contribution is -2.28. The number of aromatic nitrogens is 1. The molecular formula is C23H27N3O3S. The summed E-state index contributed by atoms with van der Waals surface area (Å²) < 4.78 is 28.3. The van der Waals surface area contributed by atoms with Gasteiger partial charge in [0.05, 0.1) is 6.04 Å². The van der Waals surface area contributed by atoms with Crippen molar-refractivity contribution in [3.63, 3.8) is 0 Å². The van der Waals surface area contributed by atoms with Gasteiger partial charge in [-0.05, 0) is 56.0 Å². The minimum absolute atomic E-state index is 0.0247. The summed E-state index contributed by atoms with van der Waals surface area (Å²) >= 11 is 0. The van der Waals surface area contributed by atoms with Crippen molar-refractivity contribution < 1.29 is 13.2 Å². The normalized spacial score (nSPS) is 13.6. The van der Waals surface area contributed by atoms with Crippen LogP contribution in [-0.4, -0.2) is 19.3 Å². The van der Waals surface area contributed by atoms with E-state index in [2.05, 4.69) is 15.0 Å². The molecule has 3 rings (SSSR count). The van der Waals surface area contributed by atoms with Gasteiger partial charge in [-0.25, -0.2) is 13.1 Å². The third kappa shape index (κ3) is 4.80. The van der Waals surface area contributed by atoms with E-state index in [4.69, 9.17) is 0 Å². The van der Waals surface area contributed by atoms with Gasteiger partial charge in [0.1, 0.15) is 10.6 Å². The van der Waals surface area contributed by atoms with E-state index in [1.165, 1.54) is 12.3 Å². The summed E-state index contributed by atoms with van der Waals surface area (Å²) in [5, 5.41) is 2.91. The molecule has 0 aliphatic heterocycles. The second-order valence-corrected chi connectivity index (χ2v) is 9.21. The smallest absolute Gasteiger partial charge is 0.268 e. The van der Waals surface area contributed by atoms with Crippen LogP contribution >= 0.6 is 0 Å². The first kappa shape index (κ1) is 21.8. The highest BCUT2D eigenvalue weighted by Crippen LogP contribution is 2.21. The molecule has 3 N–H and O–H groups in total. The number of aromatic amines is 1. The molecule has 0 saturated carbocycles. The third-order valence-electron chi connectivity index (χ3n) is 5.20. The van der Waals surface area contributed by atoms with Crippen LogP contribution in [-0.2, 0) is 10.0 Å². The lowest BCUT2D eigenvalue weighted by atomic mass is 10.0. The number of rotatable bonds is 7. The van der Waals surface area contributed by atoms with E-state index in [0.717, 1.165) is 22.3 Å². The van der Waals surface area contributed by atoms with E-state index < -0.39 is 16.1 Å². The summed E-state index contributed by atoms with van der Waals surface area (Å²) in [6.45, 7) is 7.61. The Bertz CT molecular complexity index is 1150. The molecule has 0 bridgehead atoms. The average Bonchev–Trinajstić information content (AvgIpc) is 3.19. The van der Waals surface area contributed by atoms with Gasteiger partial charge in [0, 0.05) is 12.2 Å². The van der Waals surface area contributed by atoms with Crippen LogP contribution in [0.2, 0.25) is 0 Å². The van der Waals surface area contributed by atoms with Crippen LogP contribution in [0.1, 0.15) is 58.7 Å². The maximum atomic E-state index is 12.8. The molecule has 3 aromatic rings. The van der Waals surface area contributed by atoms with Crippen molar-refractivity contribution in [2.24, 2.45) is 0 Å². The third-order valence-corrected chi connectivity index (χ3v) is 6.72. The Morgan fingerprint density at radius 3 is 2.00 bits per heavy atom. The molecule has 30 heavy (non-hydrogen) atoms. The maximum absolute atomic E-state index is 12.8. The number of amides is 1. The highest BCUT2D eigenvalue weighted by molar-refractivity contribution is 7.89. The number of sulfonamides is 1. The molecule has 0 spiro atoms. The average molecular weight is 426 g/mol. The van der Waals surface area contributed by atoms with Crippen molar-refractivity contribution in [1.82, 2.24) is 15.0 Å². The molecule has 1 aromatic heterocycles. The summed E-state index contributed by atoms with van der Waals surface area (Å²) in [4.78, 5) is 15.4. The van der Waals surface area contributed by atoms with E-state index in [0.29, 0.717) is 0 Å². The van der Waals surface area contributed by atoms with Crippen molar-refractivity contribution in [3.8, 4) is 0 Å². The molecule has 0 aliphatic rings. The fourth-order valence-electron chi connectivity index (χ4n) is 3.52. The molecule has 0 fully saturated rings. The van der Waals surface area contributed by atoms with Crippen LogP contribution in [0, 0.1) is 13.8 Å². The summed E-state index contributed by atoms with van der Waals surface area (Å²) in [7, 11) is -3.79. The van der Waals surface area contributed by atoms with Crippen LogP contribution in [0.25, 0.3) is 0 Å². The summed E-state index contributed by atoms with van der Waals surface area (Å²) in [6, 6.07) is 16.2. The number of hydrogen-bond donors (Lipinski definition) is 3. The number of nitrogens with one attached hydrogen (secondary N) is 3. The molecular weight excluding hydrogens is 398 g/mol. The molecule has 1 amide bonds. The minimum Gasteiger partial charge on any atom is -0.356 e. The SMILES string of the molecule is Cc1ccccc1[C@@H](C)NC(=O)c1cc(S(=O)(=O)N[C@H](C)c2ccccc2C)c[nH]1. The highest BCUT2D eigenvalue weighted by atomic mass is 32.2. The van der Waals surface area contributed by atoms with Crippen LogP contribution in [0.4, 0.5) is 0 Å². The Labute approximate surface area is 177 Å². The molecule has 2 atom stereocenters. The summed E-state index contributed by atoms with van der Waals surface area (Å²) in [5.74, 6) is -0.362. The Kier molecular flexibility index (Phi) is 6.43. The van der Waals surface area contributed by atoms with E-state index >= 15 is 0 Å². The fourth-order valence-corrected chi connectivity index (χ4v) is 4.74. The predicted molar refractivity (Wildman–Crippen MR) is 118 cm³/mol. The van der Waals surface area contributed by atoms with Crippen molar-refractivity contribution >= 4 is 15.9 Å². The molecule has 7 heteroatoms. The maximum Gasteiger partial charge on any atom is 0.268 e. The zero-order chi connectivity index (χ0) is 21.9. The lowest BCUT2D eigenvalue weighted by Gasteiger charge is -2.16. The zero-order valence-corrected chi connectivity index (χ0v) is 18.4. The van der Waals surface area contributed by atoms with E-state index in [1.807, 2.05) is 69.3 Å². The molecule has 0 saturated heterocycles. The number of benzene rings is 2. The zero-order valence-electron chi connectivity index (χ0n) is 17.6. The molecule has 0 unspecified atom stereocenters. The molecule has 2 aromatic carbocycles. The first-order valence-electron chi connectivity index (χ1n) is 9.81. The van der Waals surface area contributed by atoms with Crippen LogP contribution in [0.5, 0.6) is 0 Å². The van der Waals surface area contributed by atoms with Crippen molar-refractivity contribution in [3.05, 3.63) is 88.7 Å². The predicted octanol–water partition coefficient (Wildman–Crippen LogP) is 4.16. The van der Waals surface area contributed by atoms with Gasteiger partial charge in [0.15, 0.2) is 0 Å². The van der Waals surface area contributed by atoms with Gasteiger partial charge < -0.3 is 10.3 Å². The van der Waals surface area contributed by atoms with Gasteiger partial charge in [-0.3, -0.25) is 4.79 Å². The highest BCUT2D eigenvalue weighted by Gasteiger charge is 2.22. The number of carbonyl (C=O) groups is 1. The van der Waals surface area contributed by atoms with Crippen LogP contribution in [0.15, 0.2) is 65.7 Å². The van der Waals surface area contributed by atoms with Crippen LogP contribution < -0.4 is 10.0 Å². The second kappa shape index (κ2) is 8.85. The Morgan fingerprint density at radius 2 is 1.43 bits per heavy atom. The van der Waals surface area contributed by atoms with Gasteiger partial charge in [-0.2, -0.15) is 0 Å². The molecule has 0 aliphatic carbocycles. The lowest BCUT2D eigenvalue weighted by molar-refractivity contribution is 0.0935. The van der Waals surface area contributed by atoms with E-state index in [1.54, 1.807) is 6.92 Å². The van der Waals surface area contributed by atoms with Gasteiger partial charge in [0.2, 0.25) is 10.0 Å². The molecule has 158 valence electrons. The van der Waals surface area contributed by atoms with Crippen LogP contribution in [0.3, 0.4) is 0 Å². The molecule has 0 radical (unpaired) electrons. The molecule has 1 heterocycles. The van der Waals surface area contributed by atoms with Crippen molar-refractivity contribution in [2.75, 3.05) is 0 Å². The second-order valence-electron chi connectivity index (χ2n) is 7.50. The Morgan fingerprint density at radius 1 is 0.900 bits per heavy atom. The van der Waals surface area contributed by atoms with E-state index in [9.17, 15) is 13.2 Å².